The molecule has 0 unspecified atom stereocenters. The highest BCUT2D eigenvalue weighted by Gasteiger charge is 2.44. The molecular weight excluding hydrogens is 243 g/mol. The van der Waals surface area contributed by atoms with Crippen LogP contribution < -0.4 is 0 Å². The van der Waals surface area contributed by atoms with Gasteiger partial charge in [-0.15, -0.1) is 0 Å². The number of benzene rings is 1. The van der Waals surface area contributed by atoms with Gasteiger partial charge in [0.05, 0.1) is 12.2 Å². The Morgan fingerprint density at radius 3 is 2.56 bits per heavy atom. The number of rotatable bonds is 3. The van der Waals surface area contributed by atoms with Crippen LogP contribution in [0.4, 0.5) is 4.39 Å². The normalized spacial score (nSPS) is 26.8. The fourth-order valence-corrected chi connectivity index (χ4v) is 1.66. The Labute approximate surface area is 102 Å². The molecule has 3 atom stereocenters. The highest BCUT2D eigenvalue weighted by molar-refractivity contribution is 5.89. The van der Waals surface area contributed by atoms with Gasteiger partial charge in [-0.2, -0.15) is 0 Å². The van der Waals surface area contributed by atoms with E-state index in [9.17, 15) is 14.0 Å². The number of hydrogen-bond donors (Lipinski definition) is 1. The molecule has 96 valence electrons. The summed E-state index contributed by atoms with van der Waals surface area (Å²) in [7, 11) is 0. The molecule has 1 aromatic rings. The van der Waals surface area contributed by atoms with Gasteiger partial charge in [-0.1, -0.05) is 18.2 Å². The third-order valence-electron chi connectivity index (χ3n) is 2.60. The fourth-order valence-electron chi connectivity index (χ4n) is 1.66. The van der Waals surface area contributed by atoms with Crippen LogP contribution in [0.15, 0.2) is 30.3 Å². The molecule has 18 heavy (non-hydrogen) atoms. The van der Waals surface area contributed by atoms with Crippen molar-refractivity contribution in [2.75, 3.05) is 6.61 Å². The smallest absolute Gasteiger partial charge is 0.338 e. The predicted octanol–water partition coefficient (Wildman–Crippen LogP) is 1.03. The molecule has 1 aromatic carbocycles. The maximum atomic E-state index is 13.6. The molecule has 2 rings (SSSR count). The first kappa shape index (κ1) is 12.5. The van der Waals surface area contributed by atoms with E-state index < -0.39 is 30.3 Å². The van der Waals surface area contributed by atoms with E-state index in [4.69, 9.17) is 14.6 Å². The second kappa shape index (κ2) is 5.14. The Kier molecular flexibility index (Phi) is 3.57. The van der Waals surface area contributed by atoms with Crippen molar-refractivity contribution < 1.29 is 28.6 Å². The van der Waals surface area contributed by atoms with Gasteiger partial charge in [0, 0.05) is 0 Å². The number of alkyl halides is 1. The van der Waals surface area contributed by atoms with E-state index in [1.165, 1.54) is 12.1 Å². The van der Waals surface area contributed by atoms with Crippen molar-refractivity contribution in [3.8, 4) is 0 Å². The van der Waals surface area contributed by atoms with Crippen molar-refractivity contribution in [2.24, 2.45) is 0 Å². The minimum atomic E-state index is -1.85. The van der Waals surface area contributed by atoms with Crippen LogP contribution in [0.1, 0.15) is 10.4 Å². The second-order valence-electron chi connectivity index (χ2n) is 3.85. The summed E-state index contributed by atoms with van der Waals surface area (Å²) >= 11 is 0. The van der Waals surface area contributed by atoms with Gasteiger partial charge in [0.15, 0.2) is 18.4 Å². The molecule has 0 aromatic heterocycles. The van der Waals surface area contributed by atoms with E-state index >= 15 is 0 Å². The van der Waals surface area contributed by atoms with Crippen LogP contribution in [0.5, 0.6) is 0 Å². The number of hydrogen-bond acceptors (Lipinski definition) is 4. The molecule has 1 aliphatic heterocycles. The Hall–Kier alpha value is -1.95. The van der Waals surface area contributed by atoms with E-state index in [-0.39, 0.29) is 12.2 Å². The molecule has 6 heteroatoms. The zero-order chi connectivity index (χ0) is 13.1. The SMILES string of the molecule is O=C(O[C@@H]1CO[C@@H](C(=O)O)[C@H]1F)c1ccccc1. The molecule has 1 N–H and O–H groups in total. The summed E-state index contributed by atoms with van der Waals surface area (Å²) in [5.74, 6) is -2.10. The molecule has 0 spiro atoms. The van der Waals surface area contributed by atoms with E-state index in [1.54, 1.807) is 18.2 Å². The van der Waals surface area contributed by atoms with Crippen molar-refractivity contribution >= 4 is 11.9 Å². The van der Waals surface area contributed by atoms with Crippen LogP contribution in [0.25, 0.3) is 0 Å². The lowest BCUT2D eigenvalue weighted by molar-refractivity contribution is -0.149. The van der Waals surface area contributed by atoms with Crippen molar-refractivity contribution in [3.05, 3.63) is 35.9 Å². The molecular formula is C12H11FO5. The maximum absolute atomic E-state index is 13.6. The van der Waals surface area contributed by atoms with Gasteiger partial charge in [0.25, 0.3) is 0 Å². The topological polar surface area (TPSA) is 72.8 Å². The van der Waals surface area contributed by atoms with Gasteiger partial charge < -0.3 is 14.6 Å². The number of aliphatic carboxylic acids is 1. The van der Waals surface area contributed by atoms with Crippen LogP contribution in [0.2, 0.25) is 0 Å². The lowest BCUT2D eigenvalue weighted by Gasteiger charge is -2.13. The molecule has 1 fully saturated rings. The van der Waals surface area contributed by atoms with Crippen LogP contribution in [-0.2, 0) is 14.3 Å². The number of carbonyl (C=O) groups excluding carboxylic acids is 1. The Bertz CT molecular complexity index is 447. The molecule has 1 aliphatic rings. The van der Waals surface area contributed by atoms with Crippen LogP contribution in [0.3, 0.4) is 0 Å². The summed E-state index contributed by atoms with van der Waals surface area (Å²) in [5, 5.41) is 8.65. The zero-order valence-electron chi connectivity index (χ0n) is 9.28. The first-order chi connectivity index (χ1) is 8.59. The monoisotopic (exact) mass is 254 g/mol. The quantitative estimate of drug-likeness (QED) is 0.816. The van der Waals surface area contributed by atoms with Crippen molar-refractivity contribution in [2.45, 2.75) is 18.4 Å². The standard InChI is InChI=1S/C12H11FO5/c13-9-8(6-17-10(9)11(14)15)18-12(16)7-4-2-1-3-5-7/h1-5,8-10H,6H2,(H,14,15)/t8-,9+,10-/m1/s1. The Morgan fingerprint density at radius 2 is 2.00 bits per heavy atom. The molecule has 0 bridgehead atoms. The highest BCUT2D eigenvalue weighted by atomic mass is 19.1. The number of carboxylic acid groups (broad SMARTS) is 1. The highest BCUT2D eigenvalue weighted by Crippen LogP contribution is 2.22. The number of carbonyl (C=O) groups is 2. The number of carboxylic acids is 1. The van der Waals surface area contributed by atoms with E-state index in [2.05, 4.69) is 0 Å². The summed E-state index contributed by atoms with van der Waals surface area (Å²) in [6, 6.07) is 8.08. The first-order valence-electron chi connectivity index (χ1n) is 5.34. The largest absolute Gasteiger partial charge is 0.479 e. The van der Waals surface area contributed by atoms with Crippen LogP contribution in [0, 0.1) is 0 Å². The lowest BCUT2D eigenvalue weighted by atomic mass is 10.1. The van der Waals surface area contributed by atoms with E-state index in [0.29, 0.717) is 0 Å². The van der Waals surface area contributed by atoms with Gasteiger partial charge in [-0.05, 0) is 12.1 Å². The summed E-state index contributed by atoms with van der Waals surface area (Å²) in [5.41, 5.74) is 0.281. The van der Waals surface area contributed by atoms with Crippen molar-refractivity contribution in [1.29, 1.82) is 0 Å². The minimum absolute atomic E-state index is 0.253. The maximum Gasteiger partial charge on any atom is 0.338 e. The molecule has 0 radical (unpaired) electrons. The van der Waals surface area contributed by atoms with E-state index in [0.717, 1.165) is 0 Å². The molecule has 1 heterocycles. The fraction of sp³-hybridized carbons (Fsp3) is 0.333. The molecule has 0 amide bonds. The molecule has 0 aliphatic carbocycles. The van der Waals surface area contributed by atoms with E-state index in [1.807, 2.05) is 0 Å². The third kappa shape index (κ3) is 2.48. The lowest BCUT2D eigenvalue weighted by Crippen LogP contribution is -2.34. The third-order valence-corrected chi connectivity index (χ3v) is 2.60. The minimum Gasteiger partial charge on any atom is -0.479 e. The van der Waals surface area contributed by atoms with Crippen LogP contribution in [-0.4, -0.2) is 42.0 Å². The van der Waals surface area contributed by atoms with Crippen LogP contribution >= 0.6 is 0 Å². The summed E-state index contributed by atoms with van der Waals surface area (Å²) in [6.07, 6.45) is -4.60. The predicted molar refractivity (Wildman–Crippen MR) is 57.9 cm³/mol. The van der Waals surface area contributed by atoms with Crippen molar-refractivity contribution in [3.63, 3.8) is 0 Å². The summed E-state index contributed by atoms with van der Waals surface area (Å²) in [6.45, 7) is -0.253. The summed E-state index contributed by atoms with van der Waals surface area (Å²) < 4.78 is 23.2. The number of halogens is 1. The van der Waals surface area contributed by atoms with Crippen molar-refractivity contribution in [1.82, 2.24) is 0 Å². The number of esters is 1. The summed E-state index contributed by atoms with van der Waals surface area (Å²) in [4.78, 5) is 22.2. The average Bonchev–Trinajstić information content (AvgIpc) is 2.72. The Balaban J connectivity index is 1.99. The Morgan fingerprint density at radius 1 is 1.33 bits per heavy atom. The van der Waals surface area contributed by atoms with Gasteiger partial charge in [0.2, 0.25) is 0 Å². The van der Waals surface area contributed by atoms with Gasteiger partial charge in [0.1, 0.15) is 0 Å². The van der Waals surface area contributed by atoms with Gasteiger partial charge in [-0.3, -0.25) is 0 Å². The molecule has 0 saturated carbocycles. The molecule has 1 saturated heterocycles. The zero-order valence-corrected chi connectivity index (χ0v) is 9.28. The first-order valence-corrected chi connectivity index (χ1v) is 5.34. The van der Waals surface area contributed by atoms with Gasteiger partial charge in [-0.25, -0.2) is 14.0 Å². The molecule has 5 nitrogen and oxygen atoms in total. The number of ether oxygens (including phenoxy) is 2. The second-order valence-corrected chi connectivity index (χ2v) is 3.85. The average molecular weight is 254 g/mol. The van der Waals surface area contributed by atoms with Gasteiger partial charge >= 0.3 is 11.9 Å².